The van der Waals surface area contributed by atoms with E-state index < -0.39 is 11.6 Å². The first-order valence-corrected chi connectivity index (χ1v) is 7.85. The molecule has 0 saturated heterocycles. The lowest BCUT2D eigenvalue weighted by molar-refractivity contribution is 0.500. The van der Waals surface area contributed by atoms with Gasteiger partial charge in [0.05, 0.1) is 4.47 Å². The van der Waals surface area contributed by atoms with Gasteiger partial charge in [-0.1, -0.05) is 24.3 Å². The summed E-state index contributed by atoms with van der Waals surface area (Å²) in [6, 6.07) is 8.73. The Balaban J connectivity index is 1.83. The van der Waals surface area contributed by atoms with E-state index >= 15 is 0 Å². The predicted molar refractivity (Wildman–Crippen MR) is 83.2 cm³/mol. The van der Waals surface area contributed by atoms with Gasteiger partial charge >= 0.3 is 0 Å². The third-order valence-corrected chi connectivity index (χ3v) is 4.89. The summed E-state index contributed by atoms with van der Waals surface area (Å²) < 4.78 is 26.9. The Morgan fingerprint density at radius 3 is 2.67 bits per heavy atom. The van der Waals surface area contributed by atoms with Crippen LogP contribution >= 0.6 is 15.9 Å². The fourth-order valence-electron chi connectivity index (χ4n) is 2.94. The van der Waals surface area contributed by atoms with Gasteiger partial charge in [0.2, 0.25) is 0 Å². The van der Waals surface area contributed by atoms with Crippen LogP contribution in [-0.4, -0.2) is 0 Å². The summed E-state index contributed by atoms with van der Waals surface area (Å²) in [4.78, 5) is 0. The number of benzene rings is 2. The summed E-state index contributed by atoms with van der Waals surface area (Å²) in [5, 5.41) is 0. The molecule has 2 N–H and O–H groups in total. The van der Waals surface area contributed by atoms with E-state index in [9.17, 15) is 8.78 Å². The molecule has 21 heavy (non-hydrogen) atoms. The Bertz CT molecular complexity index is 685. The van der Waals surface area contributed by atoms with Crippen LogP contribution in [0.2, 0.25) is 0 Å². The standard InChI is InChI=1S/C17H16BrF2N/c18-16-13(6-7-14(19)17(16)20)15(21)9-10-4-5-11-2-1-3-12(11)8-10/h4-8,15H,1-3,9,21H2. The second-order valence-electron chi connectivity index (χ2n) is 5.53. The Morgan fingerprint density at radius 1 is 1.10 bits per heavy atom. The molecule has 0 bridgehead atoms. The van der Waals surface area contributed by atoms with E-state index in [4.69, 9.17) is 5.73 Å². The lowest BCUT2D eigenvalue weighted by Crippen LogP contribution is -2.15. The second kappa shape index (κ2) is 5.85. The summed E-state index contributed by atoms with van der Waals surface area (Å²) in [5.74, 6) is -1.74. The zero-order chi connectivity index (χ0) is 15.0. The van der Waals surface area contributed by atoms with Crippen molar-refractivity contribution in [2.24, 2.45) is 5.73 Å². The zero-order valence-corrected chi connectivity index (χ0v) is 13.1. The van der Waals surface area contributed by atoms with Crippen molar-refractivity contribution in [1.29, 1.82) is 0 Å². The first-order valence-electron chi connectivity index (χ1n) is 7.06. The average molecular weight is 352 g/mol. The van der Waals surface area contributed by atoms with Crippen molar-refractivity contribution in [3.8, 4) is 0 Å². The topological polar surface area (TPSA) is 26.0 Å². The molecule has 2 aromatic rings. The predicted octanol–water partition coefficient (Wildman–Crippen LogP) is 4.46. The number of rotatable bonds is 3. The van der Waals surface area contributed by atoms with Gasteiger partial charge in [0, 0.05) is 6.04 Å². The lowest BCUT2D eigenvalue weighted by atomic mass is 9.97. The van der Waals surface area contributed by atoms with Crippen molar-refractivity contribution in [3.63, 3.8) is 0 Å². The second-order valence-corrected chi connectivity index (χ2v) is 6.32. The molecule has 1 nitrogen and oxygen atoms in total. The number of nitrogens with two attached hydrogens (primary N) is 1. The summed E-state index contributed by atoms with van der Waals surface area (Å²) in [5.41, 5.74) is 10.7. The molecule has 0 saturated carbocycles. The molecule has 0 amide bonds. The average Bonchev–Trinajstić information content (AvgIpc) is 2.92. The normalized spacial score (nSPS) is 15.0. The van der Waals surface area contributed by atoms with E-state index in [1.54, 1.807) is 6.07 Å². The minimum Gasteiger partial charge on any atom is -0.324 e. The molecule has 0 fully saturated rings. The molecule has 0 aliphatic heterocycles. The van der Waals surface area contributed by atoms with Gasteiger partial charge in [0.15, 0.2) is 11.6 Å². The van der Waals surface area contributed by atoms with Gasteiger partial charge in [-0.05, 0) is 69.9 Å². The van der Waals surface area contributed by atoms with Crippen LogP contribution in [0.1, 0.15) is 34.7 Å². The minimum atomic E-state index is -0.878. The van der Waals surface area contributed by atoms with E-state index in [0.29, 0.717) is 12.0 Å². The van der Waals surface area contributed by atoms with Crippen LogP contribution in [0, 0.1) is 11.6 Å². The highest BCUT2D eigenvalue weighted by molar-refractivity contribution is 9.10. The van der Waals surface area contributed by atoms with Crippen LogP contribution in [0.15, 0.2) is 34.8 Å². The number of hydrogen-bond donors (Lipinski definition) is 1. The Labute approximate surface area is 131 Å². The third kappa shape index (κ3) is 2.87. The summed E-state index contributed by atoms with van der Waals surface area (Å²) in [6.07, 6.45) is 4.08. The van der Waals surface area contributed by atoms with Crippen molar-refractivity contribution in [3.05, 3.63) is 68.7 Å². The summed E-state index contributed by atoms with van der Waals surface area (Å²) in [7, 11) is 0. The van der Waals surface area contributed by atoms with Crippen LogP contribution in [0.3, 0.4) is 0 Å². The maximum absolute atomic E-state index is 13.6. The Morgan fingerprint density at radius 2 is 1.86 bits per heavy atom. The monoisotopic (exact) mass is 351 g/mol. The fourth-order valence-corrected chi connectivity index (χ4v) is 3.56. The molecule has 2 aromatic carbocycles. The van der Waals surface area contributed by atoms with Crippen molar-refractivity contribution in [2.45, 2.75) is 31.7 Å². The summed E-state index contributed by atoms with van der Waals surface area (Å²) >= 11 is 3.10. The van der Waals surface area contributed by atoms with Crippen LogP contribution in [0.5, 0.6) is 0 Å². The summed E-state index contributed by atoms with van der Waals surface area (Å²) in [6.45, 7) is 0. The van der Waals surface area contributed by atoms with Gasteiger partial charge in [0.25, 0.3) is 0 Å². The number of fused-ring (bicyclic) bond motifs is 1. The SMILES string of the molecule is NC(Cc1ccc2c(c1)CCC2)c1ccc(F)c(F)c1Br. The first-order chi connectivity index (χ1) is 10.1. The number of aryl methyl sites for hydroxylation is 2. The highest BCUT2D eigenvalue weighted by Crippen LogP contribution is 2.30. The van der Waals surface area contributed by atoms with Crippen molar-refractivity contribution < 1.29 is 8.78 Å². The van der Waals surface area contributed by atoms with Crippen LogP contribution in [0.4, 0.5) is 8.78 Å². The van der Waals surface area contributed by atoms with Crippen LogP contribution in [0.25, 0.3) is 0 Å². The maximum Gasteiger partial charge on any atom is 0.173 e. The molecule has 1 unspecified atom stereocenters. The van der Waals surface area contributed by atoms with Crippen LogP contribution in [-0.2, 0) is 19.3 Å². The molecular weight excluding hydrogens is 336 g/mol. The number of halogens is 3. The molecule has 1 atom stereocenters. The molecule has 1 aliphatic carbocycles. The van der Waals surface area contributed by atoms with E-state index in [2.05, 4.69) is 34.1 Å². The van der Waals surface area contributed by atoms with E-state index in [-0.39, 0.29) is 10.5 Å². The highest BCUT2D eigenvalue weighted by Gasteiger charge is 2.18. The van der Waals surface area contributed by atoms with Gasteiger partial charge < -0.3 is 5.73 Å². The lowest BCUT2D eigenvalue weighted by Gasteiger charge is -2.15. The molecule has 0 heterocycles. The van der Waals surface area contributed by atoms with Gasteiger partial charge in [-0.25, -0.2) is 8.78 Å². The highest BCUT2D eigenvalue weighted by atomic mass is 79.9. The van der Waals surface area contributed by atoms with Crippen molar-refractivity contribution >= 4 is 15.9 Å². The first kappa shape index (κ1) is 14.7. The molecule has 4 heteroatoms. The van der Waals surface area contributed by atoms with Crippen LogP contribution < -0.4 is 5.73 Å². The minimum absolute atomic E-state index is 0.121. The zero-order valence-electron chi connectivity index (χ0n) is 11.5. The molecule has 0 radical (unpaired) electrons. The number of hydrogen-bond acceptors (Lipinski definition) is 1. The van der Waals surface area contributed by atoms with Crippen molar-refractivity contribution in [2.75, 3.05) is 0 Å². The molecule has 110 valence electrons. The quantitative estimate of drug-likeness (QED) is 0.811. The molecule has 0 aromatic heterocycles. The fraction of sp³-hybridized carbons (Fsp3) is 0.294. The maximum atomic E-state index is 13.6. The van der Waals surface area contributed by atoms with Crippen molar-refractivity contribution in [1.82, 2.24) is 0 Å². The van der Waals surface area contributed by atoms with Gasteiger partial charge in [0.1, 0.15) is 0 Å². The van der Waals surface area contributed by atoms with E-state index in [0.717, 1.165) is 24.5 Å². The third-order valence-electron chi connectivity index (χ3n) is 4.08. The van der Waals surface area contributed by atoms with E-state index in [1.807, 2.05) is 0 Å². The largest absolute Gasteiger partial charge is 0.324 e. The Kier molecular flexibility index (Phi) is 4.09. The molecule has 3 rings (SSSR count). The Hall–Kier alpha value is -1.26. The van der Waals surface area contributed by atoms with Gasteiger partial charge in [-0.15, -0.1) is 0 Å². The molecular formula is C17H16BrF2N. The van der Waals surface area contributed by atoms with Gasteiger partial charge in [-0.3, -0.25) is 0 Å². The molecule has 0 spiro atoms. The molecule has 1 aliphatic rings. The van der Waals surface area contributed by atoms with Gasteiger partial charge in [-0.2, -0.15) is 0 Å². The van der Waals surface area contributed by atoms with E-state index in [1.165, 1.54) is 17.5 Å². The smallest absolute Gasteiger partial charge is 0.173 e.